The zero-order valence-electron chi connectivity index (χ0n) is 11.4. The molecular weight excluding hydrogens is 266 g/mol. The third kappa shape index (κ3) is 2.42. The maximum Gasteiger partial charge on any atom is 0.199 e. The number of hydrogen-bond donors (Lipinski definition) is 2. The molecule has 0 aliphatic rings. The number of rotatable bonds is 2. The third-order valence-electron chi connectivity index (χ3n) is 3.41. The first-order valence-corrected chi connectivity index (χ1v) is 6.87. The number of para-hydroxylation sites is 1. The molecule has 0 aliphatic carbocycles. The molecule has 2 aromatic carbocycles. The van der Waals surface area contributed by atoms with Crippen LogP contribution < -0.4 is 5.32 Å². The van der Waals surface area contributed by atoms with Gasteiger partial charge >= 0.3 is 0 Å². The fraction of sp³-hybridized carbons (Fsp3) is 0.125. The van der Waals surface area contributed by atoms with E-state index in [-0.39, 0.29) is 0 Å². The normalized spacial score (nSPS) is 10.7. The van der Waals surface area contributed by atoms with Crippen molar-refractivity contribution >= 4 is 34.6 Å². The molecule has 0 unspecified atom stereocenters. The highest BCUT2D eigenvalue weighted by Crippen LogP contribution is 2.24. The molecule has 1 aromatic heterocycles. The van der Waals surface area contributed by atoms with Gasteiger partial charge in [0.25, 0.3) is 0 Å². The molecule has 3 rings (SSSR count). The first kappa shape index (κ1) is 12.8. The first-order valence-electron chi connectivity index (χ1n) is 6.47. The molecule has 0 fully saturated rings. The second kappa shape index (κ2) is 5.06. The van der Waals surface area contributed by atoms with Crippen LogP contribution in [-0.2, 0) is 0 Å². The number of H-pyrrole nitrogens is 1. The lowest BCUT2D eigenvalue weighted by molar-refractivity contribution is 1.18. The molecule has 0 amide bonds. The van der Waals surface area contributed by atoms with Gasteiger partial charge in [0, 0.05) is 11.1 Å². The van der Waals surface area contributed by atoms with E-state index in [1.165, 1.54) is 11.1 Å². The van der Waals surface area contributed by atoms with Gasteiger partial charge in [-0.05, 0) is 61.5 Å². The molecule has 4 heteroatoms. The molecule has 3 nitrogen and oxygen atoms in total. The van der Waals surface area contributed by atoms with Gasteiger partial charge in [0.1, 0.15) is 5.82 Å². The van der Waals surface area contributed by atoms with Crippen molar-refractivity contribution < 1.29 is 0 Å². The van der Waals surface area contributed by atoms with Crippen molar-refractivity contribution in [1.29, 1.82) is 0 Å². The van der Waals surface area contributed by atoms with Crippen molar-refractivity contribution in [3.63, 3.8) is 0 Å². The monoisotopic (exact) mass is 281 g/mol. The van der Waals surface area contributed by atoms with Gasteiger partial charge in [0.15, 0.2) is 4.77 Å². The number of aryl methyl sites for hydroxylation is 2. The van der Waals surface area contributed by atoms with Crippen molar-refractivity contribution in [2.45, 2.75) is 13.8 Å². The minimum absolute atomic E-state index is 0.482. The Hall–Kier alpha value is -2.20. The van der Waals surface area contributed by atoms with Crippen LogP contribution in [0, 0.1) is 18.6 Å². The van der Waals surface area contributed by atoms with Crippen LogP contribution in [0.25, 0.3) is 10.9 Å². The predicted molar refractivity (Wildman–Crippen MR) is 86.1 cm³/mol. The Morgan fingerprint density at radius 1 is 1.05 bits per heavy atom. The van der Waals surface area contributed by atoms with E-state index in [9.17, 15) is 0 Å². The summed E-state index contributed by atoms with van der Waals surface area (Å²) < 4.78 is 0.482. The number of nitrogens with one attached hydrogen (secondary N) is 2. The van der Waals surface area contributed by atoms with Gasteiger partial charge in [-0.3, -0.25) is 0 Å². The van der Waals surface area contributed by atoms with Gasteiger partial charge in [-0.25, -0.2) is 4.98 Å². The number of fused-ring (bicyclic) bond motifs is 1. The molecule has 0 bridgehead atoms. The molecule has 0 aliphatic heterocycles. The lowest BCUT2D eigenvalue weighted by atomic mass is 10.1. The first-order chi connectivity index (χ1) is 9.63. The largest absolute Gasteiger partial charge is 0.340 e. The number of aromatic nitrogens is 2. The fourth-order valence-corrected chi connectivity index (χ4v) is 2.36. The van der Waals surface area contributed by atoms with E-state index < -0.39 is 0 Å². The van der Waals surface area contributed by atoms with E-state index in [1.807, 2.05) is 24.3 Å². The molecule has 0 atom stereocenters. The summed E-state index contributed by atoms with van der Waals surface area (Å²) in [5.41, 5.74) is 4.53. The Morgan fingerprint density at radius 2 is 1.85 bits per heavy atom. The summed E-state index contributed by atoms with van der Waals surface area (Å²) in [5.74, 6) is 0.785. The van der Waals surface area contributed by atoms with E-state index in [0.29, 0.717) is 4.77 Å². The van der Waals surface area contributed by atoms with Gasteiger partial charge in [0.05, 0.1) is 5.52 Å². The zero-order valence-corrected chi connectivity index (χ0v) is 12.2. The molecule has 0 saturated heterocycles. The lowest BCUT2D eigenvalue weighted by Crippen LogP contribution is -1.97. The van der Waals surface area contributed by atoms with Crippen molar-refractivity contribution in [3.05, 3.63) is 58.4 Å². The second-order valence-corrected chi connectivity index (χ2v) is 5.25. The van der Waals surface area contributed by atoms with Gasteiger partial charge in [-0.2, -0.15) is 0 Å². The molecule has 0 radical (unpaired) electrons. The number of anilines is 2. The van der Waals surface area contributed by atoms with E-state index >= 15 is 0 Å². The number of benzene rings is 2. The molecule has 2 N–H and O–H groups in total. The second-order valence-electron chi connectivity index (χ2n) is 4.86. The summed E-state index contributed by atoms with van der Waals surface area (Å²) >= 11 is 5.18. The number of hydrogen-bond acceptors (Lipinski definition) is 3. The topological polar surface area (TPSA) is 40.7 Å². The Kier molecular flexibility index (Phi) is 3.24. The van der Waals surface area contributed by atoms with E-state index in [1.54, 1.807) is 0 Å². The van der Waals surface area contributed by atoms with E-state index in [2.05, 4.69) is 47.3 Å². The van der Waals surface area contributed by atoms with E-state index in [0.717, 1.165) is 22.4 Å². The molecule has 100 valence electrons. The zero-order chi connectivity index (χ0) is 14.1. The standard InChI is InChI=1S/C16H15N3S/c1-10-7-8-12(9-11(10)2)17-15-13-5-3-4-6-14(13)18-16(20)19-15/h3-9H,1-2H3,(H2,17,18,19,20). The maximum absolute atomic E-state index is 5.18. The van der Waals surface area contributed by atoms with Crippen molar-refractivity contribution in [2.24, 2.45) is 0 Å². The molecule has 0 spiro atoms. The number of nitrogens with zero attached hydrogens (tertiary/aromatic N) is 1. The summed E-state index contributed by atoms with van der Waals surface area (Å²) in [6.45, 7) is 4.20. The highest BCUT2D eigenvalue weighted by Gasteiger charge is 2.04. The van der Waals surface area contributed by atoms with Crippen LogP contribution >= 0.6 is 12.2 Å². The predicted octanol–water partition coefficient (Wildman–Crippen LogP) is 4.65. The van der Waals surface area contributed by atoms with Crippen LogP contribution in [-0.4, -0.2) is 9.97 Å². The van der Waals surface area contributed by atoms with Crippen molar-refractivity contribution in [2.75, 3.05) is 5.32 Å². The Morgan fingerprint density at radius 3 is 2.65 bits per heavy atom. The van der Waals surface area contributed by atoms with Gasteiger partial charge in [-0.15, -0.1) is 0 Å². The Labute approximate surface area is 122 Å². The maximum atomic E-state index is 5.18. The van der Waals surface area contributed by atoms with Crippen molar-refractivity contribution in [3.8, 4) is 0 Å². The summed E-state index contributed by atoms with van der Waals surface area (Å²) in [6.07, 6.45) is 0. The third-order valence-corrected chi connectivity index (χ3v) is 3.60. The highest BCUT2D eigenvalue weighted by atomic mass is 32.1. The number of aromatic amines is 1. The van der Waals surface area contributed by atoms with E-state index in [4.69, 9.17) is 12.2 Å². The van der Waals surface area contributed by atoms with Crippen LogP contribution in [0.2, 0.25) is 0 Å². The highest BCUT2D eigenvalue weighted by molar-refractivity contribution is 7.71. The average Bonchev–Trinajstić information content (AvgIpc) is 2.43. The van der Waals surface area contributed by atoms with Gasteiger partial charge in [0.2, 0.25) is 0 Å². The lowest BCUT2D eigenvalue weighted by Gasteiger charge is -2.10. The quantitative estimate of drug-likeness (QED) is 0.672. The van der Waals surface area contributed by atoms with Crippen LogP contribution in [0.4, 0.5) is 11.5 Å². The minimum Gasteiger partial charge on any atom is -0.340 e. The summed E-state index contributed by atoms with van der Waals surface area (Å²) in [6, 6.07) is 14.3. The smallest absolute Gasteiger partial charge is 0.199 e. The Bertz CT molecular complexity index is 836. The molecule has 0 saturated carbocycles. The van der Waals surface area contributed by atoms with Crippen LogP contribution in [0.15, 0.2) is 42.5 Å². The molecule has 20 heavy (non-hydrogen) atoms. The fourth-order valence-electron chi connectivity index (χ4n) is 2.15. The minimum atomic E-state index is 0.482. The van der Waals surface area contributed by atoms with Crippen molar-refractivity contribution in [1.82, 2.24) is 9.97 Å². The van der Waals surface area contributed by atoms with Crippen LogP contribution in [0.5, 0.6) is 0 Å². The summed E-state index contributed by atoms with van der Waals surface area (Å²) in [7, 11) is 0. The molecule has 3 aromatic rings. The molecular formula is C16H15N3S. The summed E-state index contributed by atoms with van der Waals surface area (Å²) in [5, 5.41) is 4.39. The molecule has 1 heterocycles. The SMILES string of the molecule is Cc1ccc(Nc2nc(=S)[nH]c3ccccc23)cc1C. The van der Waals surface area contributed by atoms with Crippen LogP contribution in [0.1, 0.15) is 11.1 Å². The summed E-state index contributed by atoms with van der Waals surface area (Å²) in [4.78, 5) is 7.50. The van der Waals surface area contributed by atoms with Crippen LogP contribution in [0.3, 0.4) is 0 Å². The van der Waals surface area contributed by atoms with Gasteiger partial charge < -0.3 is 10.3 Å². The van der Waals surface area contributed by atoms with Gasteiger partial charge in [-0.1, -0.05) is 18.2 Å². The average molecular weight is 281 g/mol. The Balaban J connectivity index is 2.10.